The topological polar surface area (TPSA) is 106 Å². The Morgan fingerprint density at radius 2 is 1.80 bits per heavy atom. The van der Waals surface area contributed by atoms with Crippen LogP contribution in [0.3, 0.4) is 0 Å². The highest BCUT2D eigenvalue weighted by molar-refractivity contribution is 5.94. The average Bonchev–Trinajstić information content (AvgIpc) is 2.77. The Hall–Kier alpha value is -4.00. The lowest BCUT2D eigenvalue weighted by Crippen LogP contribution is -2.22. The fraction of sp³-hybridized carbons (Fsp3) is 0.130. The number of nitrogens with one attached hydrogen (secondary N) is 2. The molecule has 2 aromatic carbocycles. The molecule has 0 aliphatic heterocycles. The van der Waals surface area contributed by atoms with Crippen LogP contribution < -0.4 is 16.4 Å². The van der Waals surface area contributed by atoms with Gasteiger partial charge in [0, 0.05) is 18.7 Å². The molecular weight excluding hydrogens is 376 g/mol. The fourth-order valence-electron chi connectivity index (χ4n) is 3.10. The van der Waals surface area contributed by atoms with Gasteiger partial charge in [-0.05, 0) is 42.3 Å². The van der Waals surface area contributed by atoms with Gasteiger partial charge in [-0.15, -0.1) is 0 Å². The van der Waals surface area contributed by atoms with Gasteiger partial charge in [0.25, 0.3) is 5.91 Å². The number of rotatable bonds is 6. The minimum Gasteiger partial charge on any atom is -0.384 e. The molecule has 30 heavy (non-hydrogen) atoms. The molecule has 0 unspecified atom stereocenters. The number of aryl methyl sites for hydroxylation is 1. The Bertz CT molecular complexity index is 1190. The number of carbonyl (C=O) groups is 1. The van der Waals surface area contributed by atoms with E-state index < -0.39 is 0 Å². The van der Waals surface area contributed by atoms with Crippen LogP contribution >= 0.6 is 0 Å². The summed E-state index contributed by atoms with van der Waals surface area (Å²) in [7, 11) is 0. The largest absolute Gasteiger partial charge is 0.384 e. The zero-order chi connectivity index (χ0) is 20.9. The van der Waals surface area contributed by atoms with Crippen LogP contribution in [0.4, 0.5) is 11.6 Å². The van der Waals surface area contributed by atoms with Gasteiger partial charge in [0.1, 0.15) is 18.0 Å². The lowest BCUT2D eigenvalue weighted by molar-refractivity contribution is 0.0951. The highest BCUT2D eigenvalue weighted by Crippen LogP contribution is 2.19. The molecule has 0 spiro atoms. The van der Waals surface area contributed by atoms with Crippen LogP contribution in [0.1, 0.15) is 27.0 Å². The maximum absolute atomic E-state index is 12.5. The summed E-state index contributed by atoms with van der Waals surface area (Å²) in [5.74, 6) is 0.975. The second-order valence-corrected chi connectivity index (χ2v) is 7.05. The summed E-state index contributed by atoms with van der Waals surface area (Å²) < 4.78 is 0. The highest BCUT2D eigenvalue weighted by atomic mass is 16.1. The monoisotopic (exact) mass is 398 g/mol. The molecule has 4 aromatic rings. The van der Waals surface area contributed by atoms with E-state index in [4.69, 9.17) is 5.73 Å². The van der Waals surface area contributed by atoms with Crippen molar-refractivity contribution in [3.05, 3.63) is 89.2 Å². The van der Waals surface area contributed by atoms with Crippen molar-refractivity contribution in [2.24, 2.45) is 0 Å². The van der Waals surface area contributed by atoms with Crippen LogP contribution in [0.15, 0.2) is 67.0 Å². The summed E-state index contributed by atoms with van der Waals surface area (Å²) in [4.78, 5) is 25.2. The van der Waals surface area contributed by atoms with Gasteiger partial charge in [-0.3, -0.25) is 4.79 Å². The third-order valence-electron chi connectivity index (χ3n) is 4.74. The molecule has 2 heterocycles. The van der Waals surface area contributed by atoms with Crippen LogP contribution in [0, 0.1) is 6.92 Å². The van der Waals surface area contributed by atoms with Gasteiger partial charge in [0.05, 0.1) is 5.39 Å². The predicted octanol–water partition coefficient (Wildman–Crippen LogP) is 3.46. The molecule has 0 radical (unpaired) electrons. The molecule has 0 aliphatic carbocycles. The van der Waals surface area contributed by atoms with Gasteiger partial charge in [0.15, 0.2) is 5.65 Å². The van der Waals surface area contributed by atoms with Gasteiger partial charge >= 0.3 is 0 Å². The number of nitrogens with zero attached hydrogens (tertiary/aromatic N) is 3. The van der Waals surface area contributed by atoms with Crippen molar-refractivity contribution in [2.75, 3.05) is 11.1 Å². The minimum absolute atomic E-state index is 0.107. The molecule has 2 aromatic heterocycles. The van der Waals surface area contributed by atoms with Gasteiger partial charge in [-0.25, -0.2) is 15.0 Å². The summed E-state index contributed by atoms with van der Waals surface area (Å²) in [5, 5.41) is 7.04. The van der Waals surface area contributed by atoms with Crippen molar-refractivity contribution >= 4 is 28.6 Å². The summed E-state index contributed by atoms with van der Waals surface area (Å²) in [6.07, 6.45) is 1.45. The van der Waals surface area contributed by atoms with Gasteiger partial charge in [-0.1, -0.05) is 42.0 Å². The van der Waals surface area contributed by atoms with Crippen molar-refractivity contribution in [3.63, 3.8) is 0 Å². The lowest BCUT2D eigenvalue weighted by atomic mass is 10.1. The van der Waals surface area contributed by atoms with Crippen molar-refractivity contribution in [2.45, 2.75) is 20.0 Å². The summed E-state index contributed by atoms with van der Waals surface area (Å²) in [5.41, 5.74) is 10.1. The maximum atomic E-state index is 12.5. The number of pyridine rings is 1. The van der Waals surface area contributed by atoms with E-state index in [1.54, 1.807) is 12.1 Å². The minimum atomic E-state index is -0.107. The lowest BCUT2D eigenvalue weighted by Gasteiger charge is -2.10. The molecule has 0 saturated carbocycles. The van der Waals surface area contributed by atoms with E-state index in [1.807, 2.05) is 55.5 Å². The SMILES string of the molecule is Cc1ccc(CNC(=O)c2cccc(CNc3ncnc4nc(N)ccc34)c2)cc1. The number of hydrogen-bond acceptors (Lipinski definition) is 6. The Balaban J connectivity index is 1.42. The third kappa shape index (κ3) is 4.52. The smallest absolute Gasteiger partial charge is 0.251 e. The third-order valence-corrected chi connectivity index (χ3v) is 4.74. The summed E-state index contributed by atoms with van der Waals surface area (Å²) in [6, 6.07) is 19.2. The van der Waals surface area contributed by atoms with Gasteiger partial charge < -0.3 is 16.4 Å². The number of fused-ring (bicyclic) bond motifs is 1. The van der Waals surface area contributed by atoms with E-state index in [-0.39, 0.29) is 5.91 Å². The highest BCUT2D eigenvalue weighted by Gasteiger charge is 2.08. The van der Waals surface area contributed by atoms with Crippen molar-refractivity contribution < 1.29 is 4.79 Å². The van der Waals surface area contributed by atoms with E-state index in [2.05, 4.69) is 25.6 Å². The number of amides is 1. The molecule has 0 fully saturated rings. The first-order valence-electron chi connectivity index (χ1n) is 9.62. The van der Waals surface area contributed by atoms with Crippen LogP contribution in [-0.2, 0) is 13.1 Å². The number of carbonyl (C=O) groups excluding carboxylic acids is 1. The normalized spacial score (nSPS) is 10.7. The molecule has 150 valence electrons. The number of hydrogen-bond donors (Lipinski definition) is 3. The first-order chi connectivity index (χ1) is 14.6. The second kappa shape index (κ2) is 8.57. The first-order valence-corrected chi connectivity index (χ1v) is 9.62. The quantitative estimate of drug-likeness (QED) is 0.459. The van der Waals surface area contributed by atoms with E-state index >= 15 is 0 Å². The molecule has 7 nitrogen and oxygen atoms in total. The second-order valence-electron chi connectivity index (χ2n) is 7.05. The zero-order valence-corrected chi connectivity index (χ0v) is 16.6. The van der Waals surface area contributed by atoms with Crippen molar-refractivity contribution in [1.29, 1.82) is 0 Å². The van der Waals surface area contributed by atoms with E-state index in [0.29, 0.717) is 35.9 Å². The average molecular weight is 398 g/mol. The van der Waals surface area contributed by atoms with E-state index in [1.165, 1.54) is 11.9 Å². The molecule has 4 rings (SSSR count). The number of benzene rings is 2. The first kappa shape index (κ1) is 19.3. The molecular formula is C23H22N6O. The number of nitrogens with two attached hydrogens (primary N) is 1. The van der Waals surface area contributed by atoms with Crippen LogP contribution in [-0.4, -0.2) is 20.9 Å². The molecule has 1 amide bonds. The zero-order valence-electron chi connectivity index (χ0n) is 16.6. The van der Waals surface area contributed by atoms with Crippen LogP contribution in [0.25, 0.3) is 11.0 Å². The summed E-state index contributed by atoms with van der Waals surface area (Å²) in [6.45, 7) is 3.04. The Labute approximate surface area is 174 Å². The Kier molecular flexibility index (Phi) is 5.52. The molecule has 7 heteroatoms. The van der Waals surface area contributed by atoms with Crippen molar-refractivity contribution in [3.8, 4) is 0 Å². The fourth-order valence-corrected chi connectivity index (χ4v) is 3.10. The molecule has 0 bridgehead atoms. The standard InChI is InChI=1S/C23H22N6O/c1-15-5-7-16(8-6-15)12-26-23(30)18-4-2-3-17(11-18)13-25-21-19-9-10-20(24)29-22(19)28-14-27-21/h2-11,14H,12-13H2,1H3,(H,26,30)(H3,24,25,27,28,29). The van der Waals surface area contributed by atoms with Gasteiger partial charge in [0.2, 0.25) is 0 Å². The van der Waals surface area contributed by atoms with Gasteiger partial charge in [-0.2, -0.15) is 0 Å². The predicted molar refractivity (Wildman–Crippen MR) is 118 cm³/mol. The van der Waals surface area contributed by atoms with Crippen LogP contribution in [0.5, 0.6) is 0 Å². The number of nitrogen functional groups attached to an aromatic ring is 1. The number of anilines is 2. The molecule has 0 saturated heterocycles. The molecule has 0 aliphatic rings. The number of aromatic nitrogens is 3. The van der Waals surface area contributed by atoms with Crippen LogP contribution in [0.2, 0.25) is 0 Å². The molecule has 0 atom stereocenters. The maximum Gasteiger partial charge on any atom is 0.251 e. The van der Waals surface area contributed by atoms with Crippen molar-refractivity contribution in [1.82, 2.24) is 20.3 Å². The Morgan fingerprint density at radius 1 is 0.967 bits per heavy atom. The van der Waals surface area contributed by atoms with E-state index in [9.17, 15) is 4.79 Å². The molecule has 4 N–H and O–H groups in total. The van der Waals surface area contributed by atoms with E-state index in [0.717, 1.165) is 16.5 Å². The Morgan fingerprint density at radius 3 is 2.63 bits per heavy atom. The summed E-state index contributed by atoms with van der Waals surface area (Å²) >= 11 is 0.